The molecule has 1 heterocycles. The molecule has 0 saturated heterocycles. The van der Waals surface area contributed by atoms with E-state index in [1.165, 1.54) is 11.3 Å². The Morgan fingerprint density at radius 1 is 1.05 bits per heavy atom. The number of hydrogen-bond donors (Lipinski definition) is 0. The first kappa shape index (κ1) is 14.9. The first-order valence-electron chi connectivity index (χ1n) is 6.70. The molecule has 0 N–H and O–H groups in total. The molecule has 3 nitrogen and oxygen atoms in total. The molecule has 0 aliphatic carbocycles. The van der Waals surface area contributed by atoms with Gasteiger partial charge in [-0.3, -0.25) is 9.36 Å². The maximum atomic E-state index is 12.2. The molecule has 0 aliphatic heterocycles. The minimum Gasteiger partial charge on any atom is -0.288 e. The molecule has 1 aromatic heterocycles. The van der Waals surface area contributed by atoms with Gasteiger partial charge in [0.1, 0.15) is 0 Å². The average molecular weight is 373 g/mol. The van der Waals surface area contributed by atoms with Gasteiger partial charge in [0.2, 0.25) is 0 Å². The van der Waals surface area contributed by atoms with Crippen LogP contribution in [-0.2, 0) is 7.05 Å². The molecule has 3 rings (SSSR count). The Balaban J connectivity index is 2.17. The third-order valence-electron chi connectivity index (χ3n) is 3.18. The SMILES string of the molecule is Cn1c(=O)cc(-c2ccccc2)sc1=Nc1ccc(Br)cc1. The van der Waals surface area contributed by atoms with Crippen molar-refractivity contribution in [1.82, 2.24) is 4.57 Å². The molecule has 110 valence electrons. The van der Waals surface area contributed by atoms with Gasteiger partial charge in [-0.05, 0) is 29.8 Å². The van der Waals surface area contributed by atoms with Crippen molar-refractivity contribution in [2.75, 3.05) is 0 Å². The second-order valence-electron chi connectivity index (χ2n) is 4.74. The Morgan fingerprint density at radius 3 is 2.41 bits per heavy atom. The lowest BCUT2D eigenvalue weighted by molar-refractivity contribution is 0.824. The maximum Gasteiger partial charge on any atom is 0.253 e. The quantitative estimate of drug-likeness (QED) is 0.666. The topological polar surface area (TPSA) is 34.4 Å². The van der Waals surface area contributed by atoms with Crippen LogP contribution in [0.2, 0.25) is 0 Å². The molecule has 0 fully saturated rings. The molecule has 22 heavy (non-hydrogen) atoms. The van der Waals surface area contributed by atoms with E-state index in [0.717, 1.165) is 20.6 Å². The maximum absolute atomic E-state index is 12.2. The minimum absolute atomic E-state index is 0.0616. The Hall–Kier alpha value is -1.98. The fourth-order valence-electron chi connectivity index (χ4n) is 1.97. The number of hydrogen-bond acceptors (Lipinski definition) is 3. The summed E-state index contributed by atoms with van der Waals surface area (Å²) < 4.78 is 2.57. The molecular formula is C17H13BrN2OS. The molecule has 3 aromatic rings. The highest BCUT2D eigenvalue weighted by Gasteiger charge is 2.03. The second kappa shape index (κ2) is 6.42. The predicted molar refractivity (Wildman–Crippen MR) is 94.4 cm³/mol. The lowest BCUT2D eigenvalue weighted by Crippen LogP contribution is -2.28. The van der Waals surface area contributed by atoms with Crippen molar-refractivity contribution >= 4 is 33.0 Å². The van der Waals surface area contributed by atoms with Gasteiger partial charge < -0.3 is 0 Å². The molecule has 0 saturated carbocycles. The van der Waals surface area contributed by atoms with Gasteiger partial charge in [-0.2, -0.15) is 0 Å². The standard InChI is InChI=1S/C17H13BrN2OS/c1-20-16(21)11-15(12-5-3-2-4-6-12)22-17(20)19-14-9-7-13(18)8-10-14/h2-11H,1H3. The monoisotopic (exact) mass is 372 g/mol. The Labute approximate surface area is 140 Å². The van der Waals surface area contributed by atoms with Crippen LogP contribution >= 0.6 is 27.3 Å². The first-order valence-corrected chi connectivity index (χ1v) is 8.31. The van der Waals surface area contributed by atoms with Crippen LogP contribution < -0.4 is 10.4 Å². The van der Waals surface area contributed by atoms with Gasteiger partial charge >= 0.3 is 0 Å². The highest BCUT2D eigenvalue weighted by Crippen LogP contribution is 2.20. The van der Waals surface area contributed by atoms with Gasteiger partial charge in [0.05, 0.1) is 5.69 Å². The molecule has 0 amide bonds. The summed E-state index contributed by atoms with van der Waals surface area (Å²) in [6, 6.07) is 19.2. The molecule has 0 bridgehead atoms. The van der Waals surface area contributed by atoms with Crippen molar-refractivity contribution in [3.63, 3.8) is 0 Å². The Kier molecular flexibility index (Phi) is 4.36. The van der Waals surface area contributed by atoms with E-state index in [1.807, 2.05) is 54.6 Å². The summed E-state index contributed by atoms with van der Waals surface area (Å²) in [6.45, 7) is 0. The highest BCUT2D eigenvalue weighted by atomic mass is 79.9. The van der Waals surface area contributed by atoms with E-state index in [2.05, 4.69) is 20.9 Å². The van der Waals surface area contributed by atoms with E-state index < -0.39 is 0 Å². The average Bonchev–Trinajstić information content (AvgIpc) is 2.54. The largest absolute Gasteiger partial charge is 0.288 e. The third-order valence-corrected chi connectivity index (χ3v) is 4.83. The van der Waals surface area contributed by atoms with Crippen molar-refractivity contribution < 1.29 is 0 Å². The van der Waals surface area contributed by atoms with Crippen molar-refractivity contribution in [3.8, 4) is 10.4 Å². The smallest absolute Gasteiger partial charge is 0.253 e. The lowest BCUT2D eigenvalue weighted by atomic mass is 10.2. The molecule has 0 radical (unpaired) electrons. The fourth-order valence-corrected chi connectivity index (χ4v) is 3.22. The summed E-state index contributed by atoms with van der Waals surface area (Å²) in [4.78, 5) is 18.4. The van der Waals surface area contributed by atoms with E-state index in [1.54, 1.807) is 17.7 Å². The van der Waals surface area contributed by atoms with Crippen LogP contribution in [-0.4, -0.2) is 4.57 Å². The number of benzene rings is 2. The van der Waals surface area contributed by atoms with Crippen LogP contribution in [0.15, 0.2) is 74.9 Å². The Morgan fingerprint density at radius 2 is 1.73 bits per heavy atom. The minimum atomic E-state index is -0.0616. The van der Waals surface area contributed by atoms with Crippen LogP contribution in [0.25, 0.3) is 10.4 Å². The normalized spacial score (nSPS) is 11.6. The van der Waals surface area contributed by atoms with E-state index in [9.17, 15) is 4.79 Å². The summed E-state index contributed by atoms with van der Waals surface area (Å²) >= 11 is 4.90. The molecule has 0 spiro atoms. The van der Waals surface area contributed by atoms with Crippen molar-refractivity contribution in [2.24, 2.45) is 12.0 Å². The van der Waals surface area contributed by atoms with Gasteiger partial charge in [-0.1, -0.05) is 57.6 Å². The second-order valence-corrected chi connectivity index (χ2v) is 6.67. The van der Waals surface area contributed by atoms with Crippen LogP contribution in [0, 0.1) is 0 Å². The van der Waals surface area contributed by atoms with Gasteiger partial charge in [-0.15, -0.1) is 0 Å². The zero-order valence-corrected chi connectivity index (χ0v) is 14.3. The molecule has 0 atom stereocenters. The zero-order chi connectivity index (χ0) is 15.5. The zero-order valence-electron chi connectivity index (χ0n) is 11.9. The molecule has 0 unspecified atom stereocenters. The molecule has 5 heteroatoms. The van der Waals surface area contributed by atoms with E-state index in [0.29, 0.717) is 4.80 Å². The first-order chi connectivity index (χ1) is 10.6. The third kappa shape index (κ3) is 3.26. The van der Waals surface area contributed by atoms with Crippen LogP contribution in [0.4, 0.5) is 5.69 Å². The van der Waals surface area contributed by atoms with E-state index in [4.69, 9.17) is 0 Å². The van der Waals surface area contributed by atoms with E-state index in [-0.39, 0.29) is 5.56 Å². The number of aromatic nitrogens is 1. The number of nitrogens with zero attached hydrogens (tertiary/aromatic N) is 2. The number of rotatable bonds is 2. The molecule has 2 aromatic carbocycles. The number of halogens is 1. The van der Waals surface area contributed by atoms with Gasteiger partial charge in [-0.25, -0.2) is 4.99 Å². The fraction of sp³-hybridized carbons (Fsp3) is 0.0588. The van der Waals surface area contributed by atoms with E-state index >= 15 is 0 Å². The van der Waals surface area contributed by atoms with Crippen molar-refractivity contribution in [2.45, 2.75) is 0 Å². The summed E-state index contributed by atoms with van der Waals surface area (Å²) in [7, 11) is 1.74. The van der Waals surface area contributed by atoms with Gasteiger partial charge in [0.25, 0.3) is 5.56 Å². The van der Waals surface area contributed by atoms with Crippen LogP contribution in [0.3, 0.4) is 0 Å². The summed E-state index contributed by atoms with van der Waals surface area (Å²) in [5, 5.41) is 0. The van der Waals surface area contributed by atoms with Gasteiger partial charge in [0.15, 0.2) is 4.80 Å². The summed E-state index contributed by atoms with van der Waals surface area (Å²) in [5.74, 6) is 0. The molecule has 0 aliphatic rings. The Bertz CT molecular complexity index is 912. The molecular weight excluding hydrogens is 360 g/mol. The summed E-state index contributed by atoms with van der Waals surface area (Å²) in [5.41, 5.74) is 1.78. The van der Waals surface area contributed by atoms with Gasteiger partial charge in [0, 0.05) is 22.5 Å². The van der Waals surface area contributed by atoms with Crippen molar-refractivity contribution in [3.05, 3.63) is 80.3 Å². The highest BCUT2D eigenvalue weighted by molar-refractivity contribution is 9.10. The van der Waals surface area contributed by atoms with Crippen LogP contribution in [0.1, 0.15) is 0 Å². The van der Waals surface area contributed by atoms with Crippen molar-refractivity contribution in [1.29, 1.82) is 0 Å². The lowest BCUT2D eigenvalue weighted by Gasteiger charge is -2.03. The predicted octanol–water partition coefficient (Wildman–Crippen LogP) is 4.11. The van der Waals surface area contributed by atoms with Crippen LogP contribution in [0.5, 0.6) is 0 Å². The summed E-state index contributed by atoms with van der Waals surface area (Å²) in [6.07, 6.45) is 0.